The van der Waals surface area contributed by atoms with Crippen LogP contribution in [0.2, 0.25) is 0 Å². The van der Waals surface area contributed by atoms with Crippen LogP contribution in [0.5, 0.6) is 0 Å². The summed E-state index contributed by atoms with van der Waals surface area (Å²) in [5.74, 6) is 0.708. The van der Waals surface area contributed by atoms with Gasteiger partial charge in [0.15, 0.2) is 0 Å². The number of unbranched alkanes of at least 4 members (excludes halogenated alkanes) is 1. The van der Waals surface area contributed by atoms with Crippen molar-refractivity contribution in [2.45, 2.75) is 39.5 Å². The lowest BCUT2D eigenvalue weighted by atomic mass is 10.1. The molecule has 0 aromatic rings. The third-order valence-corrected chi connectivity index (χ3v) is 2.67. The number of alkyl halides is 1. The molecule has 0 aliphatic carbocycles. The van der Waals surface area contributed by atoms with E-state index in [2.05, 4.69) is 35.1 Å². The van der Waals surface area contributed by atoms with Gasteiger partial charge in [0, 0.05) is 18.3 Å². The van der Waals surface area contributed by atoms with Crippen molar-refractivity contribution >= 4 is 21.8 Å². The second-order valence-corrected chi connectivity index (χ2v) is 4.26. The number of rotatable bonds is 7. The maximum atomic E-state index is 11.3. The molecule has 0 saturated carbocycles. The largest absolute Gasteiger partial charge is 0.356 e. The molecule has 1 unspecified atom stereocenters. The molecule has 1 N–H and O–H groups in total. The number of hydrogen-bond donors (Lipinski definition) is 1. The summed E-state index contributed by atoms with van der Waals surface area (Å²) in [6, 6.07) is 0. The highest BCUT2D eigenvalue weighted by Crippen LogP contribution is 2.05. The van der Waals surface area contributed by atoms with Crippen LogP contribution in [-0.2, 0) is 4.79 Å². The van der Waals surface area contributed by atoms with E-state index in [1.165, 1.54) is 0 Å². The molecule has 0 aliphatic rings. The molecule has 0 radical (unpaired) electrons. The number of carbonyl (C=O) groups excluding carboxylic acids is 1. The molecule has 0 spiro atoms. The lowest BCUT2D eigenvalue weighted by Crippen LogP contribution is -2.25. The van der Waals surface area contributed by atoms with Crippen LogP contribution >= 0.6 is 15.9 Å². The molecular weight excluding hydrogens is 230 g/mol. The second-order valence-electron chi connectivity index (χ2n) is 3.46. The standard InChI is InChI=1S/C10H20BrNO/c1-3-9(2)8-10(13)12-7-5-4-6-11/h9H,3-8H2,1-2H3,(H,12,13). The summed E-state index contributed by atoms with van der Waals surface area (Å²) in [5.41, 5.74) is 0. The van der Waals surface area contributed by atoms with Gasteiger partial charge in [0.05, 0.1) is 0 Å². The topological polar surface area (TPSA) is 29.1 Å². The number of nitrogens with one attached hydrogen (secondary N) is 1. The van der Waals surface area contributed by atoms with Crippen molar-refractivity contribution in [3.05, 3.63) is 0 Å². The molecule has 0 saturated heterocycles. The van der Waals surface area contributed by atoms with Gasteiger partial charge >= 0.3 is 0 Å². The van der Waals surface area contributed by atoms with E-state index in [-0.39, 0.29) is 5.91 Å². The zero-order valence-electron chi connectivity index (χ0n) is 8.61. The van der Waals surface area contributed by atoms with Gasteiger partial charge in [-0.3, -0.25) is 4.79 Å². The predicted molar refractivity (Wildman–Crippen MR) is 60.1 cm³/mol. The van der Waals surface area contributed by atoms with Crippen LogP contribution in [0.3, 0.4) is 0 Å². The molecule has 0 aliphatic heterocycles. The lowest BCUT2D eigenvalue weighted by molar-refractivity contribution is -0.121. The van der Waals surface area contributed by atoms with Crippen LogP contribution < -0.4 is 5.32 Å². The summed E-state index contributed by atoms with van der Waals surface area (Å²) in [6.07, 6.45) is 3.95. The van der Waals surface area contributed by atoms with E-state index in [1.807, 2.05) is 0 Å². The summed E-state index contributed by atoms with van der Waals surface area (Å²) >= 11 is 3.36. The minimum atomic E-state index is 0.198. The van der Waals surface area contributed by atoms with E-state index in [0.717, 1.165) is 31.1 Å². The third kappa shape index (κ3) is 8.28. The van der Waals surface area contributed by atoms with Gasteiger partial charge in [-0.2, -0.15) is 0 Å². The van der Waals surface area contributed by atoms with Crippen molar-refractivity contribution in [2.75, 3.05) is 11.9 Å². The van der Waals surface area contributed by atoms with Gasteiger partial charge in [-0.05, 0) is 18.8 Å². The highest BCUT2D eigenvalue weighted by molar-refractivity contribution is 9.09. The van der Waals surface area contributed by atoms with Crippen molar-refractivity contribution in [2.24, 2.45) is 5.92 Å². The number of halogens is 1. The van der Waals surface area contributed by atoms with Crippen LogP contribution in [0.25, 0.3) is 0 Å². The summed E-state index contributed by atoms with van der Waals surface area (Å²) in [5, 5.41) is 3.94. The Morgan fingerprint density at radius 2 is 2.15 bits per heavy atom. The van der Waals surface area contributed by atoms with Crippen LogP contribution in [0.15, 0.2) is 0 Å². The molecule has 13 heavy (non-hydrogen) atoms. The molecule has 1 amide bonds. The minimum Gasteiger partial charge on any atom is -0.356 e. The quantitative estimate of drug-likeness (QED) is 0.546. The Morgan fingerprint density at radius 3 is 2.69 bits per heavy atom. The second kappa shape index (κ2) is 8.54. The van der Waals surface area contributed by atoms with Gasteiger partial charge < -0.3 is 5.32 Å². The first kappa shape index (κ1) is 12.9. The fraction of sp³-hybridized carbons (Fsp3) is 0.900. The minimum absolute atomic E-state index is 0.198. The molecule has 0 aromatic carbocycles. The molecule has 2 nitrogen and oxygen atoms in total. The zero-order chi connectivity index (χ0) is 10.1. The Bertz CT molecular complexity index is 139. The van der Waals surface area contributed by atoms with Gasteiger partial charge in [0.2, 0.25) is 5.91 Å². The Kier molecular flexibility index (Phi) is 8.51. The SMILES string of the molecule is CCC(C)CC(=O)NCCCCBr. The Balaban J connectivity index is 3.30. The summed E-state index contributed by atoms with van der Waals surface area (Å²) in [7, 11) is 0. The van der Waals surface area contributed by atoms with Crippen LogP contribution in [-0.4, -0.2) is 17.8 Å². The Morgan fingerprint density at radius 1 is 1.46 bits per heavy atom. The number of amides is 1. The maximum Gasteiger partial charge on any atom is 0.220 e. The van der Waals surface area contributed by atoms with Gasteiger partial charge in [0.1, 0.15) is 0 Å². The Hall–Kier alpha value is -0.0500. The van der Waals surface area contributed by atoms with E-state index < -0.39 is 0 Å². The fourth-order valence-corrected chi connectivity index (χ4v) is 1.38. The predicted octanol–water partition coefficient (Wildman–Crippen LogP) is 2.71. The fourth-order valence-electron chi connectivity index (χ4n) is 0.980. The Labute approximate surface area is 89.6 Å². The first-order valence-corrected chi connectivity index (χ1v) is 6.15. The van der Waals surface area contributed by atoms with Crippen molar-refractivity contribution in [3.8, 4) is 0 Å². The molecular formula is C10H20BrNO. The molecule has 0 bridgehead atoms. The average Bonchev–Trinajstić information content (AvgIpc) is 2.12. The van der Waals surface area contributed by atoms with E-state index in [0.29, 0.717) is 12.3 Å². The number of carbonyl (C=O) groups is 1. The molecule has 1 atom stereocenters. The van der Waals surface area contributed by atoms with Gasteiger partial charge in [-0.15, -0.1) is 0 Å². The van der Waals surface area contributed by atoms with Crippen LogP contribution in [0.1, 0.15) is 39.5 Å². The average molecular weight is 250 g/mol. The van der Waals surface area contributed by atoms with Crippen LogP contribution in [0.4, 0.5) is 0 Å². The maximum absolute atomic E-state index is 11.3. The molecule has 0 aromatic heterocycles. The summed E-state index contributed by atoms with van der Waals surface area (Å²) < 4.78 is 0. The zero-order valence-corrected chi connectivity index (χ0v) is 10.2. The highest BCUT2D eigenvalue weighted by atomic mass is 79.9. The van der Waals surface area contributed by atoms with Crippen molar-refractivity contribution < 1.29 is 4.79 Å². The summed E-state index contributed by atoms with van der Waals surface area (Å²) in [4.78, 5) is 11.3. The normalized spacial score (nSPS) is 12.5. The van der Waals surface area contributed by atoms with Gasteiger partial charge in [-0.1, -0.05) is 36.2 Å². The van der Waals surface area contributed by atoms with Crippen molar-refractivity contribution in [3.63, 3.8) is 0 Å². The van der Waals surface area contributed by atoms with Crippen molar-refractivity contribution in [1.29, 1.82) is 0 Å². The third-order valence-electron chi connectivity index (χ3n) is 2.11. The lowest BCUT2D eigenvalue weighted by Gasteiger charge is -2.08. The van der Waals surface area contributed by atoms with E-state index in [9.17, 15) is 4.79 Å². The first-order valence-electron chi connectivity index (χ1n) is 5.03. The molecule has 0 heterocycles. The van der Waals surface area contributed by atoms with Gasteiger partial charge in [0.25, 0.3) is 0 Å². The van der Waals surface area contributed by atoms with E-state index >= 15 is 0 Å². The van der Waals surface area contributed by atoms with E-state index in [4.69, 9.17) is 0 Å². The monoisotopic (exact) mass is 249 g/mol. The first-order chi connectivity index (χ1) is 6.20. The molecule has 0 fully saturated rings. The smallest absolute Gasteiger partial charge is 0.220 e. The highest BCUT2D eigenvalue weighted by Gasteiger charge is 2.05. The number of hydrogen-bond acceptors (Lipinski definition) is 1. The van der Waals surface area contributed by atoms with Crippen LogP contribution in [0, 0.1) is 5.92 Å². The molecule has 78 valence electrons. The molecule has 0 rings (SSSR count). The van der Waals surface area contributed by atoms with Crippen molar-refractivity contribution in [1.82, 2.24) is 5.32 Å². The molecule has 3 heteroatoms. The van der Waals surface area contributed by atoms with Gasteiger partial charge in [-0.25, -0.2) is 0 Å². The van der Waals surface area contributed by atoms with E-state index in [1.54, 1.807) is 0 Å². The summed E-state index contributed by atoms with van der Waals surface area (Å²) in [6.45, 7) is 5.04.